The molecular weight excluding hydrogens is 340 g/mol. The molecule has 0 fully saturated rings. The summed E-state index contributed by atoms with van der Waals surface area (Å²) < 4.78 is 9.66. The Labute approximate surface area is 149 Å². The summed E-state index contributed by atoms with van der Waals surface area (Å²) in [5, 5.41) is 13.1. The molecule has 0 aliphatic heterocycles. The van der Waals surface area contributed by atoms with Crippen LogP contribution in [0.25, 0.3) is 6.08 Å². The number of rotatable bonds is 6. The Morgan fingerprint density at radius 3 is 2.54 bits per heavy atom. The van der Waals surface area contributed by atoms with Crippen molar-refractivity contribution in [1.29, 1.82) is 0 Å². The van der Waals surface area contributed by atoms with Crippen LogP contribution in [0.5, 0.6) is 0 Å². The molecule has 134 valence electrons. The summed E-state index contributed by atoms with van der Waals surface area (Å²) in [7, 11) is 1.15. The van der Waals surface area contributed by atoms with Crippen molar-refractivity contribution in [2.75, 3.05) is 7.11 Å². The van der Waals surface area contributed by atoms with Crippen LogP contribution in [0.3, 0.4) is 0 Å². The van der Waals surface area contributed by atoms with Crippen molar-refractivity contribution in [3.63, 3.8) is 0 Å². The zero-order valence-electron chi connectivity index (χ0n) is 13.9. The average molecular weight is 356 g/mol. The third-order valence-electron chi connectivity index (χ3n) is 3.25. The summed E-state index contributed by atoms with van der Waals surface area (Å²) in [6, 6.07) is 14.6. The number of benzene rings is 2. The van der Waals surface area contributed by atoms with Crippen LogP contribution in [0.15, 0.2) is 60.3 Å². The number of ether oxygens (including phenoxy) is 2. The second-order valence-electron chi connectivity index (χ2n) is 5.09. The van der Waals surface area contributed by atoms with Crippen LogP contribution in [0.2, 0.25) is 0 Å². The van der Waals surface area contributed by atoms with E-state index in [1.165, 1.54) is 24.3 Å². The molecule has 26 heavy (non-hydrogen) atoms. The highest BCUT2D eigenvalue weighted by Crippen LogP contribution is 2.15. The molecule has 2 aromatic rings. The number of alkyl carbamates (subject to hydrolysis) is 1. The molecule has 8 nitrogen and oxygen atoms in total. The van der Waals surface area contributed by atoms with Crippen molar-refractivity contribution in [3.8, 4) is 0 Å². The Hall–Kier alpha value is -3.68. The van der Waals surface area contributed by atoms with Gasteiger partial charge in [0.25, 0.3) is 5.69 Å². The second kappa shape index (κ2) is 8.97. The Kier molecular flexibility index (Phi) is 6.44. The largest absolute Gasteiger partial charge is 0.464 e. The number of carbonyl (C=O) groups excluding carboxylic acids is 2. The lowest BCUT2D eigenvalue weighted by molar-refractivity contribution is -0.384. The summed E-state index contributed by atoms with van der Waals surface area (Å²) in [5.41, 5.74) is 0.786. The minimum atomic E-state index is -0.851. The number of amides is 1. The number of hydrogen-bond donors (Lipinski definition) is 1. The van der Waals surface area contributed by atoms with Gasteiger partial charge in [0.15, 0.2) is 0 Å². The van der Waals surface area contributed by atoms with E-state index in [9.17, 15) is 19.7 Å². The lowest BCUT2D eigenvalue weighted by Gasteiger charge is -2.09. The summed E-state index contributed by atoms with van der Waals surface area (Å²) in [6.07, 6.45) is 0.415. The van der Waals surface area contributed by atoms with E-state index in [4.69, 9.17) is 4.74 Å². The van der Waals surface area contributed by atoms with Crippen LogP contribution >= 0.6 is 0 Å². The molecular formula is C18H16N2O6. The molecule has 2 rings (SSSR count). The number of nitrogens with one attached hydrogen (secondary N) is 1. The molecule has 8 heteroatoms. The van der Waals surface area contributed by atoms with Gasteiger partial charge in [-0.15, -0.1) is 0 Å². The molecule has 0 bridgehead atoms. The molecule has 0 aromatic heterocycles. The molecule has 2 aromatic carbocycles. The number of nitrogens with zero attached hydrogens (tertiary/aromatic N) is 1. The van der Waals surface area contributed by atoms with Gasteiger partial charge in [0.2, 0.25) is 0 Å². The van der Waals surface area contributed by atoms with Crippen LogP contribution in [0.4, 0.5) is 10.5 Å². The first-order valence-corrected chi connectivity index (χ1v) is 7.52. The third-order valence-corrected chi connectivity index (χ3v) is 3.25. The molecule has 0 heterocycles. The van der Waals surface area contributed by atoms with Crippen molar-refractivity contribution >= 4 is 23.8 Å². The van der Waals surface area contributed by atoms with E-state index < -0.39 is 17.0 Å². The quantitative estimate of drug-likeness (QED) is 0.369. The van der Waals surface area contributed by atoms with Gasteiger partial charge in [0.05, 0.1) is 12.0 Å². The molecule has 0 aliphatic rings. The first-order chi connectivity index (χ1) is 12.5. The number of nitro groups is 1. The van der Waals surface area contributed by atoms with Crippen LogP contribution < -0.4 is 5.32 Å². The number of carbonyl (C=O) groups is 2. The molecule has 1 amide bonds. The minimum Gasteiger partial charge on any atom is -0.464 e. The zero-order valence-corrected chi connectivity index (χ0v) is 13.9. The molecule has 0 saturated heterocycles. The van der Waals surface area contributed by atoms with Crippen molar-refractivity contribution in [1.82, 2.24) is 5.32 Å². The smallest absolute Gasteiger partial charge is 0.412 e. The Bertz CT molecular complexity index is 833. The van der Waals surface area contributed by atoms with Crippen LogP contribution in [0.1, 0.15) is 11.1 Å². The van der Waals surface area contributed by atoms with Crippen LogP contribution in [-0.4, -0.2) is 24.1 Å². The standard InChI is InChI=1S/C18H16N2O6/c1-25-17(21)16(11-14-8-5-9-15(10-14)20(23)24)19-18(22)26-12-13-6-3-2-4-7-13/h2-11H,12H2,1H3,(H,19,22)/b16-11+. The molecule has 0 aliphatic carbocycles. The molecule has 0 unspecified atom stereocenters. The van der Waals surface area contributed by atoms with Gasteiger partial charge in [0, 0.05) is 12.1 Å². The highest BCUT2D eigenvalue weighted by atomic mass is 16.6. The summed E-state index contributed by atoms with van der Waals surface area (Å²) >= 11 is 0. The fourth-order valence-corrected chi connectivity index (χ4v) is 2.02. The average Bonchev–Trinajstić information content (AvgIpc) is 2.66. The van der Waals surface area contributed by atoms with E-state index >= 15 is 0 Å². The number of methoxy groups -OCH3 is 1. The zero-order chi connectivity index (χ0) is 18.9. The van der Waals surface area contributed by atoms with E-state index in [0.717, 1.165) is 12.7 Å². The maximum absolute atomic E-state index is 11.9. The van der Waals surface area contributed by atoms with E-state index in [1.807, 2.05) is 6.07 Å². The van der Waals surface area contributed by atoms with Crippen molar-refractivity contribution in [2.24, 2.45) is 0 Å². The maximum Gasteiger partial charge on any atom is 0.412 e. The van der Waals surface area contributed by atoms with Gasteiger partial charge >= 0.3 is 12.1 Å². The fourth-order valence-electron chi connectivity index (χ4n) is 2.02. The number of nitro benzene ring substituents is 1. The van der Waals surface area contributed by atoms with Gasteiger partial charge in [-0.05, 0) is 17.2 Å². The second-order valence-corrected chi connectivity index (χ2v) is 5.09. The number of esters is 1. The predicted molar refractivity (Wildman–Crippen MR) is 92.9 cm³/mol. The first kappa shape index (κ1) is 18.7. The van der Waals surface area contributed by atoms with Gasteiger partial charge in [0.1, 0.15) is 12.3 Å². The minimum absolute atomic E-state index is 0.0257. The SMILES string of the molecule is COC(=O)/C(=C\c1cccc([N+](=O)[O-])c1)NC(=O)OCc1ccccc1. The lowest BCUT2D eigenvalue weighted by atomic mass is 10.1. The topological polar surface area (TPSA) is 108 Å². The molecule has 1 N–H and O–H groups in total. The molecule has 0 spiro atoms. The molecule has 0 atom stereocenters. The van der Waals surface area contributed by atoms with Crippen molar-refractivity contribution in [3.05, 3.63) is 81.5 Å². The highest BCUT2D eigenvalue weighted by molar-refractivity contribution is 5.96. The van der Waals surface area contributed by atoms with Crippen molar-refractivity contribution in [2.45, 2.75) is 6.61 Å². The van der Waals surface area contributed by atoms with Gasteiger partial charge < -0.3 is 9.47 Å². The van der Waals surface area contributed by atoms with Crippen LogP contribution in [0, 0.1) is 10.1 Å². The normalized spacial score (nSPS) is 10.7. The van der Waals surface area contributed by atoms with Gasteiger partial charge in [-0.2, -0.15) is 0 Å². The van der Waals surface area contributed by atoms with E-state index in [2.05, 4.69) is 10.1 Å². The third kappa shape index (κ3) is 5.45. The lowest BCUT2D eigenvalue weighted by Crippen LogP contribution is -2.28. The molecule has 0 saturated carbocycles. The first-order valence-electron chi connectivity index (χ1n) is 7.52. The summed E-state index contributed by atoms with van der Waals surface area (Å²) in [4.78, 5) is 34.0. The predicted octanol–water partition coefficient (Wildman–Crippen LogP) is 3.04. The Morgan fingerprint density at radius 1 is 1.15 bits per heavy atom. The Balaban J connectivity index is 2.11. The van der Waals surface area contributed by atoms with Crippen LogP contribution in [-0.2, 0) is 20.9 Å². The van der Waals surface area contributed by atoms with Crippen molar-refractivity contribution < 1.29 is 24.0 Å². The number of non-ortho nitro benzene ring substituents is 1. The Morgan fingerprint density at radius 2 is 1.88 bits per heavy atom. The monoisotopic (exact) mass is 356 g/mol. The molecule has 0 radical (unpaired) electrons. The van der Waals surface area contributed by atoms with E-state index in [-0.39, 0.29) is 18.0 Å². The van der Waals surface area contributed by atoms with E-state index in [0.29, 0.717) is 5.56 Å². The summed E-state index contributed by atoms with van der Waals surface area (Å²) in [6.45, 7) is 0.0257. The van der Waals surface area contributed by atoms with Gasteiger partial charge in [-0.25, -0.2) is 9.59 Å². The highest BCUT2D eigenvalue weighted by Gasteiger charge is 2.15. The van der Waals surface area contributed by atoms with E-state index in [1.54, 1.807) is 30.3 Å². The van der Waals surface area contributed by atoms with Gasteiger partial charge in [-0.3, -0.25) is 15.4 Å². The fraction of sp³-hybridized carbons (Fsp3) is 0.111. The van der Waals surface area contributed by atoms with Gasteiger partial charge in [-0.1, -0.05) is 42.5 Å². The maximum atomic E-state index is 11.9. The number of hydrogen-bond acceptors (Lipinski definition) is 6. The summed E-state index contributed by atoms with van der Waals surface area (Å²) in [5.74, 6) is -0.812.